The molecule has 1 aromatic carbocycles. The van der Waals surface area contributed by atoms with Gasteiger partial charge in [-0.05, 0) is 38.3 Å². The molecule has 0 aromatic heterocycles. The zero-order valence-electron chi connectivity index (χ0n) is 11.7. The van der Waals surface area contributed by atoms with Gasteiger partial charge < -0.3 is 4.90 Å². The molecule has 0 unspecified atom stereocenters. The third-order valence-electron chi connectivity index (χ3n) is 3.48. The van der Waals surface area contributed by atoms with Crippen LogP contribution in [0.5, 0.6) is 0 Å². The summed E-state index contributed by atoms with van der Waals surface area (Å²) in [6, 6.07) is 8.18. The number of halogens is 1. The summed E-state index contributed by atoms with van der Waals surface area (Å²) in [6.07, 6.45) is 1.32. The lowest BCUT2D eigenvalue weighted by atomic mass is 10.0. The number of alkyl halides is 1. The first-order chi connectivity index (χ1) is 8.38. The molecule has 3 heteroatoms. The van der Waals surface area contributed by atoms with Crippen molar-refractivity contribution in [3.05, 3.63) is 35.4 Å². The molecular formula is C15H22ClNO. The van der Waals surface area contributed by atoms with Crippen LogP contribution in [0, 0.1) is 6.92 Å². The Morgan fingerprint density at radius 3 is 2.50 bits per heavy atom. The molecule has 18 heavy (non-hydrogen) atoms. The average molecular weight is 268 g/mol. The Labute approximate surface area is 115 Å². The molecule has 0 saturated carbocycles. The summed E-state index contributed by atoms with van der Waals surface area (Å²) in [5.41, 5.74) is 2.19. The third-order valence-corrected chi connectivity index (χ3v) is 4.13. The van der Waals surface area contributed by atoms with Gasteiger partial charge in [-0.25, -0.2) is 0 Å². The van der Waals surface area contributed by atoms with Gasteiger partial charge in [-0.3, -0.25) is 4.79 Å². The number of nitrogens with zero attached hydrogens (tertiary/aromatic N) is 1. The molecule has 0 aliphatic carbocycles. The number of carbonyl (C=O) groups is 1. The van der Waals surface area contributed by atoms with Crippen LogP contribution in [-0.4, -0.2) is 29.3 Å². The van der Waals surface area contributed by atoms with Crippen LogP contribution in [0.15, 0.2) is 24.3 Å². The van der Waals surface area contributed by atoms with Crippen LogP contribution in [0.1, 0.15) is 31.4 Å². The van der Waals surface area contributed by atoms with Gasteiger partial charge in [-0.2, -0.15) is 0 Å². The highest BCUT2D eigenvalue weighted by atomic mass is 35.5. The molecule has 0 aliphatic heterocycles. The Morgan fingerprint density at radius 2 is 1.94 bits per heavy atom. The first-order valence-electron chi connectivity index (χ1n) is 6.25. The Hall–Kier alpha value is -1.02. The summed E-state index contributed by atoms with van der Waals surface area (Å²) < 4.78 is 0. The van der Waals surface area contributed by atoms with E-state index in [0.717, 1.165) is 6.42 Å². The largest absolute Gasteiger partial charge is 0.339 e. The maximum atomic E-state index is 12.1. The SMILES string of the molecule is Cc1ccccc1CCC(=O)N(C)C(C)(C)CCl. The lowest BCUT2D eigenvalue weighted by molar-refractivity contribution is -0.133. The lowest BCUT2D eigenvalue weighted by Crippen LogP contribution is -2.46. The van der Waals surface area contributed by atoms with Gasteiger partial charge in [0.2, 0.25) is 5.91 Å². The van der Waals surface area contributed by atoms with E-state index < -0.39 is 0 Å². The van der Waals surface area contributed by atoms with Crippen LogP contribution in [0.3, 0.4) is 0 Å². The number of aryl methyl sites for hydroxylation is 2. The highest BCUT2D eigenvalue weighted by Gasteiger charge is 2.26. The van der Waals surface area contributed by atoms with Crippen molar-refractivity contribution in [3.8, 4) is 0 Å². The van der Waals surface area contributed by atoms with Crippen molar-refractivity contribution in [1.82, 2.24) is 4.90 Å². The van der Waals surface area contributed by atoms with Crippen LogP contribution in [0.4, 0.5) is 0 Å². The molecule has 100 valence electrons. The molecule has 0 heterocycles. The van der Waals surface area contributed by atoms with Crippen LogP contribution in [0.25, 0.3) is 0 Å². The summed E-state index contributed by atoms with van der Waals surface area (Å²) >= 11 is 5.88. The summed E-state index contributed by atoms with van der Waals surface area (Å²) in [4.78, 5) is 13.8. The van der Waals surface area contributed by atoms with E-state index >= 15 is 0 Å². The number of benzene rings is 1. The monoisotopic (exact) mass is 267 g/mol. The van der Waals surface area contributed by atoms with Crippen LogP contribution in [-0.2, 0) is 11.2 Å². The molecule has 0 radical (unpaired) electrons. The van der Waals surface area contributed by atoms with Crippen molar-refractivity contribution in [2.45, 2.75) is 39.2 Å². The Morgan fingerprint density at radius 1 is 1.33 bits per heavy atom. The maximum absolute atomic E-state index is 12.1. The predicted molar refractivity (Wildman–Crippen MR) is 77.1 cm³/mol. The fourth-order valence-electron chi connectivity index (χ4n) is 1.73. The smallest absolute Gasteiger partial charge is 0.223 e. The van der Waals surface area contributed by atoms with Crippen molar-refractivity contribution >= 4 is 17.5 Å². The Kier molecular flexibility index (Phi) is 5.21. The summed E-state index contributed by atoms with van der Waals surface area (Å²) in [5, 5.41) is 0. The zero-order chi connectivity index (χ0) is 13.8. The minimum absolute atomic E-state index is 0.143. The fraction of sp³-hybridized carbons (Fsp3) is 0.533. The Bertz CT molecular complexity index is 415. The number of hydrogen-bond acceptors (Lipinski definition) is 1. The molecule has 0 bridgehead atoms. The van der Waals surface area contributed by atoms with Crippen LogP contribution in [0.2, 0.25) is 0 Å². The number of carbonyl (C=O) groups excluding carboxylic acids is 1. The van der Waals surface area contributed by atoms with E-state index in [9.17, 15) is 4.79 Å². The molecule has 0 N–H and O–H groups in total. The zero-order valence-corrected chi connectivity index (χ0v) is 12.4. The van der Waals surface area contributed by atoms with E-state index in [1.807, 2.05) is 33.0 Å². The molecule has 0 spiro atoms. The van der Waals surface area contributed by atoms with E-state index in [-0.39, 0.29) is 11.4 Å². The van der Waals surface area contributed by atoms with Gasteiger partial charge >= 0.3 is 0 Å². The minimum Gasteiger partial charge on any atom is -0.339 e. The standard InChI is InChI=1S/C15H22ClNO/c1-12-7-5-6-8-13(12)9-10-14(18)17(4)15(2,3)11-16/h5-8H,9-11H2,1-4H3. The molecular weight excluding hydrogens is 246 g/mol. The predicted octanol–water partition coefficient (Wildman–Crippen LogP) is 3.40. The second-order valence-corrected chi connectivity index (χ2v) is 5.59. The quantitative estimate of drug-likeness (QED) is 0.749. The Balaban J connectivity index is 2.59. The average Bonchev–Trinajstić information content (AvgIpc) is 2.36. The van der Waals surface area contributed by atoms with Gasteiger partial charge in [0, 0.05) is 19.3 Å². The first-order valence-corrected chi connectivity index (χ1v) is 6.79. The van der Waals surface area contributed by atoms with Gasteiger partial charge in [0.05, 0.1) is 5.54 Å². The molecule has 0 aliphatic rings. The summed E-state index contributed by atoms with van der Waals surface area (Å²) in [7, 11) is 1.82. The van der Waals surface area contributed by atoms with Gasteiger partial charge in [-0.1, -0.05) is 24.3 Å². The second-order valence-electron chi connectivity index (χ2n) is 5.33. The van der Waals surface area contributed by atoms with Crippen molar-refractivity contribution < 1.29 is 4.79 Å². The topological polar surface area (TPSA) is 20.3 Å². The van der Waals surface area contributed by atoms with Crippen molar-refractivity contribution in [3.63, 3.8) is 0 Å². The summed E-state index contributed by atoms with van der Waals surface area (Å²) in [5.74, 6) is 0.587. The van der Waals surface area contributed by atoms with Crippen LogP contribution >= 0.6 is 11.6 Å². The first kappa shape index (κ1) is 15.0. The van der Waals surface area contributed by atoms with E-state index in [1.54, 1.807) is 4.90 Å². The second kappa shape index (κ2) is 6.24. The van der Waals surface area contributed by atoms with E-state index in [4.69, 9.17) is 11.6 Å². The number of hydrogen-bond donors (Lipinski definition) is 0. The van der Waals surface area contributed by atoms with Crippen molar-refractivity contribution in [2.24, 2.45) is 0 Å². The van der Waals surface area contributed by atoms with Gasteiger partial charge in [-0.15, -0.1) is 11.6 Å². The van der Waals surface area contributed by atoms with Crippen molar-refractivity contribution in [2.75, 3.05) is 12.9 Å². The molecule has 0 fully saturated rings. The third kappa shape index (κ3) is 3.74. The molecule has 2 nitrogen and oxygen atoms in total. The lowest BCUT2D eigenvalue weighted by Gasteiger charge is -2.34. The number of amides is 1. The highest BCUT2D eigenvalue weighted by molar-refractivity contribution is 6.18. The molecule has 1 amide bonds. The van der Waals surface area contributed by atoms with Crippen LogP contribution < -0.4 is 0 Å². The van der Waals surface area contributed by atoms with E-state index in [2.05, 4.69) is 19.1 Å². The van der Waals surface area contributed by atoms with Gasteiger partial charge in [0.1, 0.15) is 0 Å². The maximum Gasteiger partial charge on any atom is 0.223 e. The number of rotatable bonds is 5. The molecule has 0 saturated heterocycles. The van der Waals surface area contributed by atoms with Gasteiger partial charge in [0.15, 0.2) is 0 Å². The van der Waals surface area contributed by atoms with Gasteiger partial charge in [0.25, 0.3) is 0 Å². The highest BCUT2D eigenvalue weighted by Crippen LogP contribution is 2.17. The fourth-order valence-corrected chi connectivity index (χ4v) is 1.91. The van der Waals surface area contributed by atoms with E-state index in [0.29, 0.717) is 12.3 Å². The normalized spacial score (nSPS) is 11.4. The molecule has 0 atom stereocenters. The van der Waals surface area contributed by atoms with E-state index in [1.165, 1.54) is 11.1 Å². The minimum atomic E-state index is -0.287. The molecule has 1 aromatic rings. The molecule has 1 rings (SSSR count). The van der Waals surface area contributed by atoms with Crippen molar-refractivity contribution in [1.29, 1.82) is 0 Å². The summed E-state index contributed by atoms with van der Waals surface area (Å²) in [6.45, 7) is 6.03.